The van der Waals surface area contributed by atoms with Crippen molar-refractivity contribution in [2.24, 2.45) is 0 Å². The summed E-state index contributed by atoms with van der Waals surface area (Å²) in [5, 5.41) is 8.74. The molecule has 0 aliphatic rings. The predicted octanol–water partition coefficient (Wildman–Crippen LogP) is 2.59. The largest absolute Gasteiger partial charge is 0.298 e. The van der Waals surface area contributed by atoms with E-state index in [2.05, 4.69) is 23.0 Å². The van der Waals surface area contributed by atoms with Crippen molar-refractivity contribution in [1.29, 1.82) is 5.26 Å². The van der Waals surface area contributed by atoms with Crippen molar-refractivity contribution in [3.8, 4) is 6.07 Å². The molecule has 0 saturated heterocycles. The van der Waals surface area contributed by atoms with E-state index >= 15 is 0 Å². The van der Waals surface area contributed by atoms with Crippen LogP contribution in [0, 0.1) is 11.3 Å². The van der Waals surface area contributed by atoms with Gasteiger partial charge in [0.05, 0.1) is 11.6 Å². The SMILES string of the molecule is CN(Cc1ccncc1)Cc1ccc(C#N)cc1. The van der Waals surface area contributed by atoms with Gasteiger partial charge in [-0.3, -0.25) is 9.88 Å². The van der Waals surface area contributed by atoms with Crippen LogP contribution in [0.3, 0.4) is 0 Å². The smallest absolute Gasteiger partial charge is 0.0991 e. The summed E-state index contributed by atoms with van der Waals surface area (Å²) >= 11 is 0. The molecule has 0 aliphatic heterocycles. The molecule has 3 heteroatoms. The van der Waals surface area contributed by atoms with E-state index in [9.17, 15) is 0 Å². The molecule has 0 aliphatic carbocycles. The number of aromatic nitrogens is 1. The fourth-order valence-electron chi connectivity index (χ4n) is 1.85. The van der Waals surface area contributed by atoms with E-state index in [1.165, 1.54) is 11.1 Å². The fraction of sp³-hybridized carbons (Fsp3) is 0.200. The zero-order valence-electron chi connectivity index (χ0n) is 10.4. The van der Waals surface area contributed by atoms with Crippen LogP contribution in [0.5, 0.6) is 0 Å². The molecule has 0 amide bonds. The van der Waals surface area contributed by atoms with E-state index in [0.717, 1.165) is 13.1 Å². The summed E-state index contributed by atoms with van der Waals surface area (Å²) in [6.45, 7) is 1.76. The highest BCUT2D eigenvalue weighted by molar-refractivity contribution is 5.31. The number of nitrogens with zero attached hydrogens (tertiary/aromatic N) is 3. The highest BCUT2D eigenvalue weighted by atomic mass is 15.1. The van der Waals surface area contributed by atoms with Crippen LogP contribution < -0.4 is 0 Å². The molecule has 0 N–H and O–H groups in total. The number of hydrogen-bond acceptors (Lipinski definition) is 3. The first-order valence-corrected chi connectivity index (χ1v) is 5.84. The maximum atomic E-state index is 8.74. The van der Waals surface area contributed by atoms with Crippen LogP contribution in [0.1, 0.15) is 16.7 Å². The van der Waals surface area contributed by atoms with Crippen LogP contribution in [-0.4, -0.2) is 16.9 Å². The van der Waals surface area contributed by atoms with E-state index in [0.29, 0.717) is 5.56 Å². The van der Waals surface area contributed by atoms with Crippen molar-refractivity contribution in [2.45, 2.75) is 13.1 Å². The van der Waals surface area contributed by atoms with Gasteiger partial charge in [0, 0.05) is 25.5 Å². The van der Waals surface area contributed by atoms with Crippen molar-refractivity contribution in [3.63, 3.8) is 0 Å². The Labute approximate surface area is 107 Å². The third-order valence-electron chi connectivity index (χ3n) is 2.74. The van der Waals surface area contributed by atoms with Crippen LogP contribution in [0.4, 0.5) is 0 Å². The first-order chi connectivity index (χ1) is 8.78. The number of rotatable bonds is 4. The predicted molar refractivity (Wildman–Crippen MR) is 70.6 cm³/mol. The van der Waals surface area contributed by atoms with E-state index in [1.807, 2.05) is 48.8 Å². The van der Waals surface area contributed by atoms with E-state index in [1.54, 1.807) is 0 Å². The van der Waals surface area contributed by atoms with Gasteiger partial charge in [0.15, 0.2) is 0 Å². The molecule has 3 nitrogen and oxygen atoms in total. The minimum absolute atomic E-state index is 0.704. The highest BCUT2D eigenvalue weighted by Crippen LogP contribution is 2.08. The zero-order chi connectivity index (χ0) is 12.8. The number of nitriles is 1. The third kappa shape index (κ3) is 3.41. The lowest BCUT2D eigenvalue weighted by atomic mass is 10.1. The van der Waals surface area contributed by atoms with Gasteiger partial charge in [-0.2, -0.15) is 5.26 Å². The first kappa shape index (κ1) is 12.3. The summed E-state index contributed by atoms with van der Waals surface area (Å²) in [5.41, 5.74) is 3.17. The molecule has 1 aromatic carbocycles. The molecule has 1 heterocycles. The van der Waals surface area contributed by atoms with E-state index < -0.39 is 0 Å². The molecule has 1 aromatic heterocycles. The average molecular weight is 237 g/mol. The summed E-state index contributed by atoms with van der Waals surface area (Å²) in [4.78, 5) is 6.24. The number of hydrogen-bond donors (Lipinski definition) is 0. The van der Waals surface area contributed by atoms with Crippen LogP contribution in [0.2, 0.25) is 0 Å². The molecular weight excluding hydrogens is 222 g/mol. The third-order valence-corrected chi connectivity index (χ3v) is 2.74. The van der Waals surface area contributed by atoms with Gasteiger partial charge in [-0.1, -0.05) is 12.1 Å². The van der Waals surface area contributed by atoms with Gasteiger partial charge in [-0.15, -0.1) is 0 Å². The molecule has 2 aromatic rings. The minimum Gasteiger partial charge on any atom is -0.298 e. The average Bonchev–Trinajstić information content (AvgIpc) is 2.40. The van der Waals surface area contributed by atoms with Crippen LogP contribution in [0.25, 0.3) is 0 Å². The quantitative estimate of drug-likeness (QED) is 0.820. The van der Waals surface area contributed by atoms with E-state index in [4.69, 9.17) is 5.26 Å². The molecule has 0 unspecified atom stereocenters. The van der Waals surface area contributed by atoms with Crippen molar-refractivity contribution >= 4 is 0 Å². The molecule has 0 atom stereocenters. The lowest BCUT2D eigenvalue weighted by Gasteiger charge is -2.16. The van der Waals surface area contributed by atoms with Gasteiger partial charge in [0.1, 0.15) is 0 Å². The zero-order valence-corrected chi connectivity index (χ0v) is 10.4. The summed E-state index contributed by atoms with van der Waals surface area (Å²) in [6, 6.07) is 13.9. The number of benzene rings is 1. The second-order valence-corrected chi connectivity index (χ2v) is 4.34. The maximum Gasteiger partial charge on any atom is 0.0991 e. The molecule has 0 fully saturated rings. The van der Waals surface area contributed by atoms with Gasteiger partial charge in [0.2, 0.25) is 0 Å². The van der Waals surface area contributed by atoms with Crippen molar-refractivity contribution in [2.75, 3.05) is 7.05 Å². The molecular formula is C15H15N3. The van der Waals surface area contributed by atoms with Gasteiger partial charge in [-0.25, -0.2) is 0 Å². The molecule has 90 valence electrons. The fourth-order valence-corrected chi connectivity index (χ4v) is 1.85. The highest BCUT2D eigenvalue weighted by Gasteiger charge is 2.01. The minimum atomic E-state index is 0.704. The summed E-state index contributed by atoms with van der Waals surface area (Å²) in [5.74, 6) is 0. The van der Waals surface area contributed by atoms with Crippen molar-refractivity contribution in [3.05, 3.63) is 65.5 Å². The van der Waals surface area contributed by atoms with Crippen LogP contribution in [0.15, 0.2) is 48.8 Å². The van der Waals surface area contributed by atoms with Gasteiger partial charge in [-0.05, 0) is 42.4 Å². The molecule has 2 rings (SSSR count). The lowest BCUT2D eigenvalue weighted by Crippen LogP contribution is -2.17. The molecule has 18 heavy (non-hydrogen) atoms. The second-order valence-electron chi connectivity index (χ2n) is 4.34. The number of pyridine rings is 1. The Bertz CT molecular complexity index is 526. The normalized spacial score (nSPS) is 10.3. The Morgan fingerprint density at radius 2 is 1.56 bits per heavy atom. The van der Waals surface area contributed by atoms with Crippen LogP contribution >= 0.6 is 0 Å². The molecule has 0 radical (unpaired) electrons. The molecule has 0 spiro atoms. The Balaban J connectivity index is 1.95. The Hall–Kier alpha value is -2.18. The lowest BCUT2D eigenvalue weighted by molar-refractivity contribution is 0.319. The van der Waals surface area contributed by atoms with E-state index in [-0.39, 0.29) is 0 Å². The Kier molecular flexibility index (Phi) is 4.06. The molecule has 0 saturated carbocycles. The summed E-state index contributed by atoms with van der Waals surface area (Å²) < 4.78 is 0. The summed E-state index contributed by atoms with van der Waals surface area (Å²) in [7, 11) is 2.08. The van der Waals surface area contributed by atoms with Crippen molar-refractivity contribution in [1.82, 2.24) is 9.88 Å². The van der Waals surface area contributed by atoms with Gasteiger partial charge >= 0.3 is 0 Å². The topological polar surface area (TPSA) is 39.9 Å². The Morgan fingerprint density at radius 1 is 1.00 bits per heavy atom. The first-order valence-electron chi connectivity index (χ1n) is 5.84. The monoisotopic (exact) mass is 237 g/mol. The van der Waals surface area contributed by atoms with Gasteiger partial charge in [0.25, 0.3) is 0 Å². The van der Waals surface area contributed by atoms with Crippen LogP contribution in [-0.2, 0) is 13.1 Å². The second kappa shape index (κ2) is 5.95. The maximum absolute atomic E-state index is 8.74. The Morgan fingerprint density at radius 3 is 2.11 bits per heavy atom. The van der Waals surface area contributed by atoms with Gasteiger partial charge < -0.3 is 0 Å². The molecule has 0 bridgehead atoms. The summed E-state index contributed by atoms with van der Waals surface area (Å²) in [6.07, 6.45) is 3.62. The van der Waals surface area contributed by atoms with Crippen molar-refractivity contribution < 1.29 is 0 Å². The standard InChI is InChI=1S/C15H15N3/c1-18(12-15-6-8-17-9-7-15)11-14-4-2-13(10-16)3-5-14/h2-9H,11-12H2,1H3.